The Kier molecular flexibility index (Phi) is 6.12. The highest BCUT2D eigenvalue weighted by Gasteiger charge is 2.19. The summed E-state index contributed by atoms with van der Waals surface area (Å²) in [6.07, 6.45) is 0. The highest BCUT2D eigenvalue weighted by Crippen LogP contribution is 2.46. The highest BCUT2D eigenvalue weighted by atomic mass is 32.1. The van der Waals surface area contributed by atoms with Gasteiger partial charge in [-0.2, -0.15) is 0 Å². The van der Waals surface area contributed by atoms with Crippen molar-refractivity contribution < 1.29 is 0 Å². The first-order chi connectivity index (χ1) is 23.8. The monoisotopic (exact) mass is 627 g/mol. The Bertz CT molecular complexity index is 2830. The van der Waals surface area contributed by atoms with Crippen molar-refractivity contribution in [1.29, 1.82) is 0 Å². The Morgan fingerprint density at radius 1 is 0.354 bits per heavy atom. The minimum atomic E-state index is 1.14. The van der Waals surface area contributed by atoms with Gasteiger partial charge in [-0.1, -0.05) is 140 Å². The molecule has 1 nitrogen and oxygen atoms in total. The van der Waals surface area contributed by atoms with Gasteiger partial charge in [0.2, 0.25) is 0 Å². The molecule has 10 aromatic rings. The Morgan fingerprint density at radius 3 is 1.79 bits per heavy atom. The zero-order chi connectivity index (χ0) is 31.6. The van der Waals surface area contributed by atoms with E-state index in [9.17, 15) is 0 Å². The lowest BCUT2D eigenvalue weighted by Crippen LogP contribution is -2.09. The topological polar surface area (TPSA) is 3.24 Å². The fourth-order valence-electron chi connectivity index (χ4n) is 7.63. The molecule has 9 aromatic carbocycles. The number of rotatable bonds is 4. The van der Waals surface area contributed by atoms with Crippen molar-refractivity contribution in [2.24, 2.45) is 0 Å². The molecule has 0 aliphatic rings. The summed E-state index contributed by atoms with van der Waals surface area (Å²) in [6.45, 7) is 0. The minimum absolute atomic E-state index is 1.14. The molecule has 2 heteroatoms. The molecule has 0 unspecified atom stereocenters. The fourth-order valence-corrected chi connectivity index (χ4v) is 8.85. The van der Waals surface area contributed by atoms with Crippen LogP contribution in [0.2, 0.25) is 0 Å². The summed E-state index contributed by atoms with van der Waals surface area (Å²) in [5.74, 6) is 0. The predicted octanol–water partition coefficient (Wildman–Crippen LogP) is 13.8. The van der Waals surface area contributed by atoms with Gasteiger partial charge in [0.25, 0.3) is 0 Å². The summed E-state index contributed by atoms with van der Waals surface area (Å²) in [6, 6.07) is 64.4. The van der Waals surface area contributed by atoms with Gasteiger partial charge in [0.05, 0.1) is 10.4 Å². The van der Waals surface area contributed by atoms with E-state index in [1.165, 1.54) is 80.1 Å². The lowest BCUT2D eigenvalue weighted by molar-refractivity contribution is 1.30. The molecule has 0 aliphatic carbocycles. The molecule has 0 fully saturated rings. The third-order valence-corrected chi connectivity index (χ3v) is 11.0. The number of fused-ring (bicyclic) bond motifs is 10. The maximum atomic E-state index is 2.41. The van der Waals surface area contributed by atoms with Gasteiger partial charge < -0.3 is 4.90 Å². The van der Waals surface area contributed by atoms with E-state index in [0.29, 0.717) is 0 Å². The molecular formula is C46H29NS. The van der Waals surface area contributed by atoms with Crippen molar-refractivity contribution in [3.05, 3.63) is 176 Å². The Morgan fingerprint density at radius 2 is 0.938 bits per heavy atom. The molecule has 224 valence electrons. The van der Waals surface area contributed by atoms with Crippen LogP contribution in [0, 0.1) is 0 Å². The van der Waals surface area contributed by atoms with Crippen LogP contribution in [0.15, 0.2) is 176 Å². The van der Waals surface area contributed by atoms with E-state index in [1.807, 2.05) is 11.3 Å². The van der Waals surface area contributed by atoms with Crippen LogP contribution in [0.25, 0.3) is 74.4 Å². The lowest BCUT2D eigenvalue weighted by Gasteiger charge is -2.26. The van der Waals surface area contributed by atoms with E-state index in [1.54, 1.807) is 0 Å². The van der Waals surface area contributed by atoms with Crippen molar-refractivity contribution in [3.63, 3.8) is 0 Å². The molecule has 0 N–H and O–H groups in total. The van der Waals surface area contributed by atoms with Gasteiger partial charge in [-0.3, -0.25) is 0 Å². The smallest absolute Gasteiger partial charge is 0.0640 e. The van der Waals surface area contributed by atoms with E-state index in [2.05, 4.69) is 181 Å². The summed E-state index contributed by atoms with van der Waals surface area (Å²) in [5, 5.41) is 13.0. The number of benzene rings is 9. The molecule has 10 rings (SSSR count). The second kappa shape index (κ2) is 10.8. The normalized spacial score (nSPS) is 11.8. The van der Waals surface area contributed by atoms with Gasteiger partial charge in [-0.25, -0.2) is 0 Å². The van der Waals surface area contributed by atoms with Crippen molar-refractivity contribution in [1.82, 2.24) is 0 Å². The summed E-state index contributed by atoms with van der Waals surface area (Å²) < 4.78 is 2.61. The molecular weight excluding hydrogens is 599 g/mol. The molecule has 0 bridgehead atoms. The zero-order valence-electron chi connectivity index (χ0n) is 26.1. The second-order valence-electron chi connectivity index (χ2n) is 12.5. The molecule has 0 saturated heterocycles. The number of thiophene rings is 1. The number of para-hydroxylation sites is 1. The van der Waals surface area contributed by atoms with E-state index in [-0.39, 0.29) is 0 Å². The second-order valence-corrected chi connectivity index (χ2v) is 13.5. The summed E-state index contributed by atoms with van der Waals surface area (Å²) >= 11 is 1.88. The average molecular weight is 628 g/mol. The van der Waals surface area contributed by atoms with E-state index in [4.69, 9.17) is 0 Å². The van der Waals surface area contributed by atoms with Crippen LogP contribution < -0.4 is 4.90 Å². The molecule has 0 aliphatic heterocycles. The molecule has 48 heavy (non-hydrogen) atoms. The maximum Gasteiger partial charge on any atom is 0.0640 e. The predicted molar refractivity (Wildman–Crippen MR) is 209 cm³/mol. The SMILES string of the molecule is c1ccc(N(c2ccc(-c3cccc4c3ccc3c5ccccc5ccc43)cc2)c2cccc3c2sc2ccc4ccccc4c23)cc1. The quantitative estimate of drug-likeness (QED) is 0.176. The standard InChI is InChI=1S/C46H29NS/c1-2-12-33(13-3-1)47(43-19-9-18-42-45-37-15-7-5-11-31(37)23-29-44(45)48-46(42)43)34-24-20-32(21-25-34)36-16-8-17-38-39(36)27-28-40-35-14-6-4-10-30(35)22-26-41(38)40/h1-29H. The third kappa shape index (κ3) is 4.17. The molecule has 0 spiro atoms. The van der Waals surface area contributed by atoms with E-state index >= 15 is 0 Å². The van der Waals surface area contributed by atoms with Crippen LogP contribution in [0.3, 0.4) is 0 Å². The van der Waals surface area contributed by atoms with E-state index in [0.717, 1.165) is 11.4 Å². The van der Waals surface area contributed by atoms with Crippen LogP contribution in [0.4, 0.5) is 17.1 Å². The number of anilines is 3. The Labute approximate surface area is 282 Å². The van der Waals surface area contributed by atoms with Crippen LogP contribution in [-0.2, 0) is 0 Å². The number of hydrogen-bond acceptors (Lipinski definition) is 2. The fraction of sp³-hybridized carbons (Fsp3) is 0. The number of hydrogen-bond donors (Lipinski definition) is 0. The van der Waals surface area contributed by atoms with Gasteiger partial charge in [0, 0.05) is 26.8 Å². The van der Waals surface area contributed by atoms with Gasteiger partial charge in [0.1, 0.15) is 0 Å². The largest absolute Gasteiger partial charge is 0.309 e. The van der Waals surface area contributed by atoms with Crippen molar-refractivity contribution in [2.45, 2.75) is 0 Å². The first-order valence-corrected chi connectivity index (χ1v) is 17.3. The van der Waals surface area contributed by atoms with Gasteiger partial charge in [-0.05, 0) is 90.6 Å². The molecule has 0 radical (unpaired) electrons. The average Bonchev–Trinajstić information content (AvgIpc) is 3.55. The van der Waals surface area contributed by atoms with Crippen molar-refractivity contribution >= 4 is 91.7 Å². The van der Waals surface area contributed by atoms with Gasteiger partial charge in [0.15, 0.2) is 0 Å². The van der Waals surface area contributed by atoms with Gasteiger partial charge in [-0.15, -0.1) is 11.3 Å². The summed E-state index contributed by atoms with van der Waals surface area (Å²) in [7, 11) is 0. The van der Waals surface area contributed by atoms with Crippen LogP contribution in [-0.4, -0.2) is 0 Å². The van der Waals surface area contributed by atoms with Crippen LogP contribution in [0.5, 0.6) is 0 Å². The Hall–Kier alpha value is -5.96. The number of nitrogens with zero attached hydrogens (tertiary/aromatic N) is 1. The van der Waals surface area contributed by atoms with Crippen LogP contribution >= 0.6 is 11.3 Å². The molecule has 0 atom stereocenters. The summed E-state index contributed by atoms with van der Waals surface area (Å²) in [4.78, 5) is 2.41. The third-order valence-electron chi connectivity index (χ3n) is 9.84. The first kappa shape index (κ1) is 27.2. The summed E-state index contributed by atoms with van der Waals surface area (Å²) in [5.41, 5.74) is 5.93. The minimum Gasteiger partial charge on any atom is -0.309 e. The Balaban J connectivity index is 1.13. The lowest BCUT2D eigenvalue weighted by atomic mass is 9.92. The molecule has 0 amide bonds. The maximum absolute atomic E-state index is 2.41. The van der Waals surface area contributed by atoms with Crippen molar-refractivity contribution in [2.75, 3.05) is 4.90 Å². The first-order valence-electron chi connectivity index (χ1n) is 16.4. The zero-order valence-corrected chi connectivity index (χ0v) is 26.9. The highest BCUT2D eigenvalue weighted by molar-refractivity contribution is 7.26. The molecule has 1 aromatic heterocycles. The molecule has 0 saturated carbocycles. The van der Waals surface area contributed by atoms with Gasteiger partial charge >= 0.3 is 0 Å². The van der Waals surface area contributed by atoms with Crippen molar-refractivity contribution in [3.8, 4) is 11.1 Å². The van der Waals surface area contributed by atoms with E-state index < -0.39 is 0 Å². The molecule has 1 heterocycles. The van der Waals surface area contributed by atoms with Crippen LogP contribution in [0.1, 0.15) is 0 Å².